The SMILES string of the molecule is CCCCCCCCCCCCCOc1ccc(CCC(N)(CO)CO)cc1.CCCCCCCCCCCCOc1ccc(CCC(N)(CO)CO)cc1. The number of unbranched alkanes of at least 4 members (excludes halogenated alkanes) is 19. The molecule has 8 nitrogen and oxygen atoms in total. The van der Waals surface area contributed by atoms with Crippen LogP contribution in [0.4, 0.5) is 0 Å². The van der Waals surface area contributed by atoms with E-state index in [1.165, 1.54) is 122 Å². The molecule has 0 aliphatic carbocycles. The van der Waals surface area contributed by atoms with E-state index in [0.29, 0.717) is 12.8 Å². The van der Waals surface area contributed by atoms with Crippen molar-refractivity contribution >= 4 is 0 Å². The van der Waals surface area contributed by atoms with Crippen LogP contribution in [0.5, 0.6) is 11.5 Å². The van der Waals surface area contributed by atoms with E-state index in [1.807, 2.05) is 48.5 Å². The Labute approximate surface area is 336 Å². The van der Waals surface area contributed by atoms with Gasteiger partial charge in [0.15, 0.2) is 0 Å². The lowest BCUT2D eigenvalue weighted by Crippen LogP contribution is -2.47. The highest BCUT2D eigenvalue weighted by Crippen LogP contribution is 2.19. The smallest absolute Gasteiger partial charge is 0.119 e. The molecule has 8 heteroatoms. The van der Waals surface area contributed by atoms with E-state index in [2.05, 4.69) is 13.8 Å². The van der Waals surface area contributed by atoms with E-state index in [0.717, 1.165) is 61.5 Å². The Kier molecular flexibility index (Phi) is 31.3. The van der Waals surface area contributed by atoms with E-state index in [4.69, 9.17) is 20.9 Å². The second-order valence-electron chi connectivity index (χ2n) is 16.1. The van der Waals surface area contributed by atoms with Crippen LogP contribution in [-0.4, -0.2) is 71.1 Å². The molecule has 0 saturated carbocycles. The van der Waals surface area contributed by atoms with Crippen molar-refractivity contribution in [2.24, 2.45) is 11.5 Å². The van der Waals surface area contributed by atoms with Crippen molar-refractivity contribution in [3.8, 4) is 11.5 Å². The van der Waals surface area contributed by atoms with Crippen molar-refractivity contribution in [1.29, 1.82) is 0 Å². The third kappa shape index (κ3) is 27.1. The zero-order chi connectivity index (χ0) is 40.3. The molecule has 0 atom stereocenters. The monoisotopic (exact) mass is 773 g/mol. The average Bonchev–Trinajstić information content (AvgIpc) is 3.22. The molecule has 0 aromatic heterocycles. The first-order chi connectivity index (χ1) is 26.8. The molecule has 0 aliphatic rings. The van der Waals surface area contributed by atoms with Crippen LogP contribution in [0.3, 0.4) is 0 Å². The summed E-state index contributed by atoms with van der Waals surface area (Å²) in [5, 5.41) is 37.0. The number of aliphatic hydroxyl groups is 4. The molecule has 318 valence electrons. The van der Waals surface area contributed by atoms with E-state index in [9.17, 15) is 20.4 Å². The van der Waals surface area contributed by atoms with Gasteiger partial charge < -0.3 is 41.4 Å². The summed E-state index contributed by atoms with van der Waals surface area (Å²) >= 11 is 0. The van der Waals surface area contributed by atoms with Gasteiger partial charge in [0.1, 0.15) is 11.5 Å². The van der Waals surface area contributed by atoms with E-state index >= 15 is 0 Å². The maximum absolute atomic E-state index is 9.24. The van der Waals surface area contributed by atoms with Crippen molar-refractivity contribution in [3.05, 3.63) is 59.7 Å². The van der Waals surface area contributed by atoms with Gasteiger partial charge >= 0.3 is 0 Å². The molecule has 8 N–H and O–H groups in total. The third-order valence-electron chi connectivity index (χ3n) is 10.7. The molecular formula is C47H84N2O6. The van der Waals surface area contributed by atoms with Crippen molar-refractivity contribution in [2.45, 2.75) is 185 Å². The van der Waals surface area contributed by atoms with Gasteiger partial charge in [-0.3, -0.25) is 0 Å². The molecule has 2 aromatic rings. The van der Waals surface area contributed by atoms with Gasteiger partial charge in [-0.15, -0.1) is 0 Å². The summed E-state index contributed by atoms with van der Waals surface area (Å²) in [6, 6.07) is 16.1. The fraction of sp³-hybridized carbons (Fsp3) is 0.745. The topological polar surface area (TPSA) is 151 Å². The van der Waals surface area contributed by atoms with Crippen molar-refractivity contribution in [1.82, 2.24) is 0 Å². The molecular weight excluding hydrogens is 689 g/mol. The number of aliphatic hydroxyl groups excluding tert-OH is 4. The number of hydrogen-bond donors (Lipinski definition) is 6. The molecule has 0 fully saturated rings. The van der Waals surface area contributed by atoms with Crippen molar-refractivity contribution < 1.29 is 29.9 Å². The molecule has 2 aromatic carbocycles. The van der Waals surface area contributed by atoms with Gasteiger partial charge in [0, 0.05) is 0 Å². The largest absolute Gasteiger partial charge is 0.494 e. The fourth-order valence-corrected chi connectivity index (χ4v) is 6.44. The molecule has 0 unspecified atom stereocenters. The number of ether oxygens (including phenoxy) is 2. The van der Waals surface area contributed by atoms with Gasteiger partial charge in [-0.25, -0.2) is 0 Å². The Bertz CT molecular complexity index is 1110. The number of hydrogen-bond acceptors (Lipinski definition) is 8. The Morgan fingerprint density at radius 1 is 0.400 bits per heavy atom. The molecule has 0 saturated heterocycles. The first-order valence-corrected chi connectivity index (χ1v) is 22.2. The summed E-state index contributed by atoms with van der Waals surface area (Å²) < 4.78 is 11.6. The van der Waals surface area contributed by atoms with Crippen LogP contribution in [0.2, 0.25) is 0 Å². The second-order valence-corrected chi connectivity index (χ2v) is 16.1. The van der Waals surface area contributed by atoms with Gasteiger partial charge in [-0.1, -0.05) is 160 Å². The van der Waals surface area contributed by atoms with Gasteiger partial charge in [0.05, 0.1) is 50.7 Å². The number of rotatable bonds is 35. The first kappa shape index (κ1) is 50.8. The summed E-state index contributed by atoms with van der Waals surface area (Å²) in [7, 11) is 0. The van der Waals surface area contributed by atoms with E-state index < -0.39 is 11.1 Å². The highest BCUT2D eigenvalue weighted by molar-refractivity contribution is 5.28. The van der Waals surface area contributed by atoms with Crippen molar-refractivity contribution in [2.75, 3.05) is 39.6 Å². The Morgan fingerprint density at radius 2 is 0.655 bits per heavy atom. The summed E-state index contributed by atoms with van der Waals surface area (Å²) in [5.41, 5.74) is 12.3. The van der Waals surface area contributed by atoms with E-state index in [-0.39, 0.29) is 26.4 Å². The summed E-state index contributed by atoms with van der Waals surface area (Å²) in [6.45, 7) is 5.26. The minimum absolute atomic E-state index is 0.205. The predicted octanol–water partition coefficient (Wildman–Crippen LogP) is 9.59. The summed E-state index contributed by atoms with van der Waals surface area (Å²) in [4.78, 5) is 0. The van der Waals surface area contributed by atoms with Crippen LogP contribution in [-0.2, 0) is 12.8 Å². The zero-order valence-corrected chi connectivity index (χ0v) is 35.3. The highest BCUT2D eigenvalue weighted by Gasteiger charge is 2.23. The number of nitrogens with two attached hydrogens (primary N) is 2. The van der Waals surface area contributed by atoms with Crippen LogP contribution in [0.15, 0.2) is 48.5 Å². The van der Waals surface area contributed by atoms with Gasteiger partial charge in [0.25, 0.3) is 0 Å². The third-order valence-corrected chi connectivity index (χ3v) is 10.7. The Balaban J connectivity index is 0.000000550. The minimum atomic E-state index is -0.899. The minimum Gasteiger partial charge on any atom is -0.494 e. The lowest BCUT2D eigenvalue weighted by Gasteiger charge is -2.24. The Hall–Kier alpha value is -2.20. The van der Waals surface area contributed by atoms with Crippen LogP contribution in [0, 0.1) is 0 Å². The lowest BCUT2D eigenvalue weighted by molar-refractivity contribution is 0.114. The lowest BCUT2D eigenvalue weighted by atomic mass is 9.94. The normalized spacial score (nSPS) is 11.7. The molecule has 0 radical (unpaired) electrons. The van der Waals surface area contributed by atoms with Crippen molar-refractivity contribution in [3.63, 3.8) is 0 Å². The van der Waals surface area contributed by atoms with E-state index in [1.54, 1.807) is 0 Å². The fourth-order valence-electron chi connectivity index (χ4n) is 6.44. The highest BCUT2D eigenvalue weighted by atomic mass is 16.5. The number of benzene rings is 2. The van der Waals surface area contributed by atoms with Crippen LogP contribution < -0.4 is 20.9 Å². The summed E-state index contributed by atoms with van der Waals surface area (Å²) in [5.74, 6) is 1.80. The molecule has 0 spiro atoms. The van der Waals surface area contributed by atoms with Gasteiger partial charge in [0.2, 0.25) is 0 Å². The van der Waals surface area contributed by atoms with Crippen LogP contribution in [0.25, 0.3) is 0 Å². The maximum atomic E-state index is 9.24. The first-order valence-electron chi connectivity index (χ1n) is 22.2. The molecule has 2 rings (SSSR count). The molecule has 0 bridgehead atoms. The second kappa shape index (κ2) is 33.9. The summed E-state index contributed by atoms with van der Waals surface area (Å²) in [6.07, 6.45) is 30.6. The predicted molar refractivity (Wildman–Crippen MR) is 231 cm³/mol. The quantitative estimate of drug-likeness (QED) is 0.0379. The standard InChI is InChI=1S/C24H43NO3.C23H41NO3/c1-2-3-4-5-6-7-8-9-10-11-12-19-28-23-15-13-22(14-16-23)17-18-24(25,20-26)21-27;1-2-3-4-5-6-7-8-9-10-11-18-27-22-14-12-21(13-15-22)16-17-23(24,19-25)20-26/h13-16,26-27H,2-12,17-21,25H2,1H3;12-15,25-26H,2-11,16-20,24H2,1H3. The molecule has 55 heavy (non-hydrogen) atoms. The number of aryl methyl sites for hydroxylation is 2. The average molecular weight is 773 g/mol. The molecule has 0 aliphatic heterocycles. The van der Waals surface area contributed by atoms with Crippen LogP contribution >= 0.6 is 0 Å². The maximum Gasteiger partial charge on any atom is 0.119 e. The Morgan fingerprint density at radius 3 is 0.909 bits per heavy atom. The molecule has 0 amide bonds. The van der Waals surface area contributed by atoms with Gasteiger partial charge in [-0.05, 0) is 73.9 Å². The van der Waals surface area contributed by atoms with Gasteiger partial charge in [-0.2, -0.15) is 0 Å². The molecule has 0 heterocycles. The van der Waals surface area contributed by atoms with Crippen LogP contribution in [0.1, 0.15) is 173 Å². The zero-order valence-electron chi connectivity index (χ0n) is 35.3.